The number of para-hydroxylation sites is 2. The molecule has 1 heterocycles. The van der Waals surface area contributed by atoms with Crippen molar-refractivity contribution in [3.05, 3.63) is 52.3 Å². The van der Waals surface area contributed by atoms with E-state index in [-0.39, 0.29) is 11.7 Å². The van der Waals surface area contributed by atoms with Gasteiger partial charge in [-0.05, 0) is 13.0 Å². The summed E-state index contributed by atoms with van der Waals surface area (Å²) in [5.41, 5.74) is 1.57. The molecule has 0 aliphatic heterocycles. The topological polar surface area (TPSA) is 73.0 Å². The van der Waals surface area contributed by atoms with Crippen LogP contribution >= 0.6 is 0 Å². The van der Waals surface area contributed by atoms with Crippen LogP contribution < -0.4 is 5.32 Å². The second-order valence-corrected chi connectivity index (χ2v) is 4.09. The minimum atomic E-state index is -0.391. The van der Waals surface area contributed by atoms with E-state index >= 15 is 0 Å². The third-order valence-electron chi connectivity index (χ3n) is 2.70. The number of anilines is 1. The number of nitrogens with zero attached hydrogens (tertiary/aromatic N) is 3. The SMILES string of the molecule is CC(Nc1ccccc1[N+](=O)[O-])c1cnn(C)c1. The van der Waals surface area contributed by atoms with Gasteiger partial charge in [0.25, 0.3) is 5.69 Å². The lowest BCUT2D eigenvalue weighted by Crippen LogP contribution is -2.07. The summed E-state index contributed by atoms with van der Waals surface area (Å²) in [5, 5.41) is 18.1. The van der Waals surface area contributed by atoms with Crippen LogP contribution in [0.5, 0.6) is 0 Å². The number of hydrogen-bond acceptors (Lipinski definition) is 4. The van der Waals surface area contributed by atoms with Crippen molar-refractivity contribution in [1.82, 2.24) is 9.78 Å². The van der Waals surface area contributed by atoms with Gasteiger partial charge in [0.15, 0.2) is 0 Å². The molecular weight excluding hydrogens is 232 g/mol. The quantitative estimate of drug-likeness (QED) is 0.664. The van der Waals surface area contributed by atoms with Gasteiger partial charge in [-0.15, -0.1) is 0 Å². The van der Waals surface area contributed by atoms with Crippen LogP contribution in [0.2, 0.25) is 0 Å². The van der Waals surface area contributed by atoms with E-state index in [2.05, 4.69) is 10.4 Å². The van der Waals surface area contributed by atoms with Gasteiger partial charge in [-0.3, -0.25) is 14.8 Å². The van der Waals surface area contributed by atoms with Crippen molar-refractivity contribution in [2.75, 3.05) is 5.32 Å². The third kappa shape index (κ3) is 2.48. The molecule has 1 atom stereocenters. The first-order chi connectivity index (χ1) is 8.58. The first-order valence-electron chi connectivity index (χ1n) is 5.56. The van der Waals surface area contributed by atoms with E-state index in [1.54, 1.807) is 29.1 Å². The maximum Gasteiger partial charge on any atom is 0.292 e. The van der Waals surface area contributed by atoms with Crippen molar-refractivity contribution in [3.8, 4) is 0 Å². The Kier molecular flexibility index (Phi) is 3.27. The maximum atomic E-state index is 10.9. The van der Waals surface area contributed by atoms with E-state index in [9.17, 15) is 10.1 Å². The molecule has 0 aliphatic rings. The van der Waals surface area contributed by atoms with Crippen LogP contribution in [-0.2, 0) is 7.05 Å². The minimum absolute atomic E-state index is 0.0419. The Morgan fingerprint density at radius 1 is 1.44 bits per heavy atom. The summed E-state index contributed by atoms with van der Waals surface area (Å²) in [6.45, 7) is 1.94. The monoisotopic (exact) mass is 246 g/mol. The van der Waals surface area contributed by atoms with Crippen molar-refractivity contribution in [2.24, 2.45) is 7.05 Å². The van der Waals surface area contributed by atoms with Crippen molar-refractivity contribution in [1.29, 1.82) is 0 Å². The lowest BCUT2D eigenvalue weighted by atomic mass is 10.1. The highest BCUT2D eigenvalue weighted by Gasteiger charge is 2.15. The van der Waals surface area contributed by atoms with Gasteiger partial charge >= 0.3 is 0 Å². The third-order valence-corrected chi connectivity index (χ3v) is 2.70. The predicted octanol–water partition coefficient (Wildman–Crippen LogP) is 2.50. The predicted molar refractivity (Wildman–Crippen MR) is 68.3 cm³/mol. The molecule has 18 heavy (non-hydrogen) atoms. The molecule has 0 aliphatic carbocycles. The Morgan fingerprint density at radius 2 is 2.17 bits per heavy atom. The number of benzene rings is 1. The summed E-state index contributed by atoms with van der Waals surface area (Å²) in [7, 11) is 1.83. The second kappa shape index (κ2) is 4.87. The second-order valence-electron chi connectivity index (χ2n) is 4.09. The van der Waals surface area contributed by atoms with Gasteiger partial charge < -0.3 is 5.32 Å². The zero-order chi connectivity index (χ0) is 13.1. The van der Waals surface area contributed by atoms with Crippen molar-refractivity contribution in [2.45, 2.75) is 13.0 Å². The molecule has 0 radical (unpaired) electrons. The summed E-state index contributed by atoms with van der Waals surface area (Å²) in [6.07, 6.45) is 3.62. The Bertz CT molecular complexity index is 565. The summed E-state index contributed by atoms with van der Waals surface area (Å²) < 4.78 is 1.70. The van der Waals surface area contributed by atoms with Gasteiger partial charge in [0.2, 0.25) is 0 Å². The lowest BCUT2D eigenvalue weighted by molar-refractivity contribution is -0.384. The molecule has 94 valence electrons. The number of rotatable bonds is 4. The molecule has 0 saturated heterocycles. The summed E-state index contributed by atoms with van der Waals surface area (Å²) in [5.74, 6) is 0. The normalized spacial score (nSPS) is 12.1. The van der Waals surface area contributed by atoms with Gasteiger partial charge in [-0.2, -0.15) is 5.10 Å². The van der Waals surface area contributed by atoms with E-state index in [4.69, 9.17) is 0 Å². The summed E-state index contributed by atoms with van der Waals surface area (Å²) in [6, 6.07) is 6.56. The van der Waals surface area contributed by atoms with Crippen molar-refractivity contribution in [3.63, 3.8) is 0 Å². The Hall–Kier alpha value is -2.37. The molecule has 0 spiro atoms. The van der Waals surface area contributed by atoms with Gasteiger partial charge in [0.05, 0.1) is 17.2 Å². The van der Waals surface area contributed by atoms with E-state index in [0.29, 0.717) is 5.69 Å². The van der Waals surface area contributed by atoms with Crippen LogP contribution in [-0.4, -0.2) is 14.7 Å². The summed E-state index contributed by atoms with van der Waals surface area (Å²) >= 11 is 0. The number of nitro groups is 1. The van der Waals surface area contributed by atoms with E-state index in [1.807, 2.05) is 20.2 Å². The fourth-order valence-electron chi connectivity index (χ4n) is 1.74. The van der Waals surface area contributed by atoms with Crippen LogP contribution in [0.1, 0.15) is 18.5 Å². The van der Waals surface area contributed by atoms with E-state index < -0.39 is 4.92 Å². The number of aromatic nitrogens is 2. The van der Waals surface area contributed by atoms with Crippen LogP contribution in [0.15, 0.2) is 36.7 Å². The molecule has 0 saturated carbocycles. The molecule has 0 amide bonds. The van der Waals surface area contributed by atoms with Gasteiger partial charge in [0, 0.05) is 24.9 Å². The van der Waals surface area contributed by atoms with Crippen molar-refractivity contribution < 1.29 is 4.92 Å². The highest BCUT2D eigenvalue weighted by molar-refractivity contribution is 5.61. The molecule has 2 aromatic rings. The molecule has 2 rings (SSSR count). The molecular formula is C12H14N4O2. The highest BCUT2D eigenvalue weighted by atomic mass is 16.6. The largest absolute Gasteiger partial charge is 0.373 e. The van der Waals surface area contributed by atoms with Gasteiger partial charge in [-0.1, -0.05) is 12.1 Å². The van der Waals surface area contributed by atoms with Crippen molar-refractivity contribution >= 4 is 11.4 Å². The van der Waals surface area contributed by atoms with Crippen LogP contribution in [0, 0.1) is 10.1 Å². The molecule has 1 unspecified atom stereocenters. The average Bonchev–Trinajstić information content (AvgIpc) is 2.76. The van der Waals surface area contributed by atoms with Crippen LogP contribution in [0.25, 0.3) is 0 Å². The highest BCUT2D eigenvalue weighted by Crippen LogP contribution is 2.27. The Labute approximate surface area is 104 Å². The zero-order valence-corrected chi connectivity index (χ0v) is 10.2. The minimum Gasteiger partial charge on any atom is -0.373 e. The standard InChI is InChI=1S/C12H14N4O2/c1-9(10-7-13-15(2)8-10)14-11-5-3-4-6-12(11)16(17)18/h3-9,14H,1-2H3. The number of hydrogen-bond donors (Lipinski definition) is 1. The fourth-order valence-corrected chi connectivity index (χ4v) is 1.74. The number of nitro benzene ring substituents is 1. The maximum absolute atomic E-state index is 10.9. The molecule has 6 heteroatoms. The smallest absolute Gasteiger partial charge is 0.292 e. The van der Waals surface area contributed by atoms with Gasteiger partial charge in [0.1, 0.15) is 5.69 Å². The van der Waals surface area contributed by atoms with E-state index in [1.165, 1.54) is 6.07 Å². The number of nitrogens with one attached hydrogen (secondary N) is 1. The Balaban J connectivity index is 2.21. The van der Waals surface area contributed by atoms with E-state index in [0.717, 1.165) is 5.56 Å². The molecule has 1 aromatic heterocycles. The first kappa shape index (κ1) is 12.1. The fraction of sp³-hybridized carbons (Fsp3) is 0.250. The Morgan fingerprint density at radius 3 is 2.78 bits per heavy atom. The molecule has 6 nitrogen and oxygen atoms in total. The zero-order valence-electron chi connectivity index (χ0n) is 10.2. The lowest BCUT2D eigenvalue weighted by Gasteiger charge is -2.13. The molecule has 1 aromatic carbocycles. The van der Waals surface area contributed by atoms with Gasteiger partial charge in [-0.25, -0.2) is 0 Å². The van der Waals surface area contributed by atoms with Crippen LogP contribution in [0.4, 0.5) is 11.4 Å². The molecule has 1 N–H and O–H groups in total. The molecule has 0 bridgehead atoms. The average molecular weight is 246 g/mol. The summed E-state index contributed by atoms with van der Waals surface area (Å²) in [4.78, 5) is 10.5. The van der Waals surface area contributed by atoms with Crippen LogP contribution in [0.3, 0.4) is 0 Å². The first-order valence-corrected chi connectivity index (χ1v) is 5.56. The molecule has 0 fully saturated rings. The number of aryl methyl sites for hydroxylation is 1.